The van der Waals surface area contributed by atoms with Crippen molar-refractivity contribution in [3.63, 3.8) is 0 Å². The van der Waals surface area contributed by atoms with E-state index in [4.69, 9.17) is 17.4 Å². The zero-order valence-electron chi connectivity index (χ0n) is 4.76. The molecule has 0 aliphatic carbocycles. The van der Waals surface area contributed by atoms with Crippen LogP contribution in [-0.2, 0) is 0 Å². The van der Waals surface area contributed by atoms with Gasteiger partial charge in [-0.15, -0.1) is 0 Å². The summed E-state index contributed by atoms with van der Waals surface area (Å²) in [6.07, 6.45) is 0. The molecule has 0 saturated heterocycles. The van der Waals surface area contributed by atoms with E-state index in [9.17, 15) is 4.79 Å². The Balaban J connectivity index is 3.19. The molecule has 0 amide bonds. The molecule has 1 rings (SSSR count). The second-order valence-corrected chi connectivity index (χ2v) is 1.77. The Morgan fingerprint density at radius 2 is 2.30 bits per heavy atom. The van der Waals surface area contributed by atoms with Gasteiger partial charge >= 0.3 is 5.69 Å². The Hall–Kier alpha value is -1.14. The highest BCUT2D eigenvalue weighted by Gasteiger charge is 1.95. The standard InChI is InChI=1S/C3H4ClN5O/c4-1-6-2(9-5)8-3(10)7-1/h5H2,(H2,6,7,8,9,10). The molecule has 0 atom stereocenters. The number of aromatic amines is 1. The van der Waals surface area contributed by atoms with Crippen molar-refractivity contribution in [3.05, 3.63) is 15.8 Å². The first kappa shape index (κ1) is 6.97. The van der Waals surface area contributed by atoms with E-state index in [1.165, 1.54) is 0 Å². The zero-order chi connectivity index (χ0) is 7.56. The highest BCUT2D eigenvalue weighted by atomic mass is 35.5. The van der Waals surface area contributed by atoms with Gasteiger partial charge in [-0.3, -0.25) is 10.4 Å². The number of nitrogens with two attached hydrogens (primary N) is 1. The molecule has 6 nitrogen and oxygen atoms in total. The number of halogens is 1. The number of hydrogen-bond acceptors (Lipinski definition) is 5. The van der Waals surface area contributed by atoms with Gasteiger partial charge in [0.25, 0.3) is 0 Å². The average Bonchev–Trinajstić information content (AvgIpc) is 1.85. The van der Waals surface area contributed by atoms with Gasteiger partial charge in [0.05, 0.1) is 0 Å². The molecule has 1 aromatic heterocycles. The fourth-order valence-electron chi connectivity index (χ4n) is 0.423. The molecule has 0 aromatic carbocycles. The molecular formula is C3H4ClN5O. The van der Waals surface area contributed by atoms with Crippen LogP contribution in [0.2, 0.25) is 5.28 Å². The van der Waals surface area contributed by atoms with E-state index in [-0.39, 0.29) is 11.2 Å². The number of hydrogen-bond donors (Lipinski definition) is 3. The number of nitrogens with zero attached hydrogens (tertiary/aromatic N) is 2. The van der Waals surface area contributed by atoms with E-state index in [1.54, 1.807) is 0 Å². The SMILES string of the molecule is NNc1nc(Cl)[nH]c(=O)n1. The zero-order valence-corrected chi connectivity index (χ0v) is 5.51. The molecule has 0 bridgehead atoms. The molecule has 0 aliphatic heterocycles. The van der Waals surface area contributed by atoms with Gasteiger partial charge in [-0.25, -0.2) is 10.6 Å². The highest BCUT2D eigenvalue weighted by molar-refractivity contribution is 6.28. The highest BCUT2D eigenvalue weighted by Crippen LogP contribution is 1.96. The summed E-state index contributed by atoms with van der Waals surface area (Å²) < 4.78 is 0. The van der Waals surface area contributed by atoms with Crippen LogP contribution in [0.4, 0.5) is 5.95 Å². The van der Waals surface area contributed by atoms with E-state index < -0.39 is 5.69 Å². The lowest BCUT2D eigenvalue weighted by Gasteiger charge is -1.94. The van der Waals surface area contributed by atoms with Gasteiger partial charge in [-0.05, 0) is 11.6 Å². The number of rotatable bonds is 1. The van der Waals surface area contributed by atoms with Crippen LogP contribution >= 0.6 is 11.6 Å². The van der Waals surface area contributed by atoms with Gasteiger partial charge in [-0.1, -0.05) is 0 Å². The van der Waals surface area contributed by atoms with E-state index in [0.717, 1.165) is 0 Å². The van der Waals surface area contributed by atoms with Crippen LogP contribution in [0.15, 0.2) is 4.79 Å². The number of anilines is 1. The molecular weight excluding hydrogens is 158 g/mol. The summed E-state index contributed by atoms with van der Waals surface area (Å²) in [5, 5.41) is -0.0482. The number of H-pyrrole nitrogens is 1. The van der Waals surface area contributed by atoms with Crippen LogP contribution < -0.4 is 17.0 Å². The lowest BCUT2D eigenvalue weighted by Crippen LogP contribution is -2.18. The number of hydrazine groups is 1. The van der Waals surface area contributed by atoms with Crippen molar-refractivity contribution in [3.8, 4) is 0 Å². The third kappa shape index (κ3) is 1.42. The Morgan fingerprint density at radius 1 is 1.60 bits per heavy atom. The second kappa shape index (κ2) is 2.63. The maximum atomic E-state index is 10.5. The molecule has 54 valence electrons. The maximum Gasteiger partial charge on any atom is 0.350 e. The molecule has 0 spiro atoms. The van der Waals surface area contributed by atoms with E-state index >= 15 is 0 Å². The van der Waals surface area contributed by atoms with Gasteiger partial charge in [0.1, 0.15) is 0 Å². The van der Waals surface area contributed by atoms with Crippen molar-refractivity contribution >= 4 is 17.5 Å². The Kier molecular flexibility index (Phi) is 1.83. The predicted molar refractivity (Wildman–Crippen MR) is 35.5 cm³/mol. The van der Waals surface area contributed by atoms with Crippen molar-refractivity contribution in [2.75, 3.05) is 5.43 Å². The molecule has 0 aliphatic rings. The minimum absolute atomic E-state index is 0.00579. The summed E-state index contributed by atoms with van der Waals surface area (Å²) in [4.78, 5) is 19.4. The van der Waals surface area contributed by atoms with Crippen LogP contribution in [0.5, 0.6) is 0 Å². The normalized spacial score (nSPS) is 9.40. The van der Waals surface area contributed by atoms with Crippen LogP contribution in [0.3, 0.4) is 0 Å². The van der Waals surface area contributed by atoms with Crippen LogP contribution in [0, 0.1) is 0 Å². The third-order valence-electron chi connectivity index (χ3n) is 0.751. The first-order valence-electron chi connectivity index (χ1n) is 2.33. The van der Waals surface area contributed by atoms with Gasteiger partial charge < -0.3 is 0 Å². The third-order valence-corrected chi connectivity index (χ3v) is 0.930. The van der Waals surface area contributed by atoms with E-state index in [1.807, 2.05) is 0 Å². The molecule has 10 heavy (non-hydrogen) atoms. The topological polar surface area (TPSA) is 96.7 Å². The average molecular weight is 162 g/mol. The van der Waals surface area contributed by atoms with Crippen LogP contribution in [-0.4, -0.2) is 15.0 Å². The van der Waals surface area contributed by atoms with Crippen molar-refractivity contribution < 1.29 is 0 Å². The summed E-state index contributed by atoms with van der Waals surface area (Å²) >= 11 is 5.33. The Bertz CT molecular complexity index is 282. The van der Waals surface area contributed by atoms with Gasteiger partial charge in [-0.2, -0.15) is 9.97 Å². The van der Waals surface area contributed by atoms with Crippen LogP contribution in [0.1, 0.15) is 0 Å². The summed E-state index contributed by atoms with van der Waals surface area (Å²) in [6, 6.07) is 0. The fraction of sp³-hybridized carbons (Fsp3) is 0. The van der Waals surface area contributed by atoms with Crippen molar-refractivity contribution in [2.45, 2.75) is 0 Å². The van der Waals surface area contributed by atoms with E-state index in [0.29, 0.717) is 0 Å². The molecule has 7 heteroatoms. The maximum absolute atomic E-state index is 10.5. The Morgan fingerprint density at radius 3 is 2.80 bits per heavy atom. The largest absolute Gasteiger partial charge is 0.350 e. The number of nitrogen functional groups attached to an aromatic ring is 1. The van der Waals surface area contributed by atoms with E-state index in [2.05, 4.69) is 20.4 Å². The van der Waals surface area contributed by atoms with Crippen LogP contribution in [0.25, 0.3) is 0 Å². The smallest absolute Gasteiger partial charge is 0.292 e. The number of aromatic nitrogens is 3. The van der Waals surface area contributed by atoms with Gasteiger partial charge in [0, 0.05) is 0 Å². The molecule has 0 fully saturated rings. The van der Waals surface area contributed by atoms with Crippen molar-refractivity contribution in [1.29, 1.82) is 0 Å². The minimum Gasteiger partial charge on any atom is -0.292 e. The molecule has 1 aromatic rings. The lowest BCUT2D eigenvalue weighted by molar-refractivity contribution is 0.977. The summed E-state index contributed by atoms with van der Waals surface area (Å²) in [5.74, 6) is 4.90. The van der Waals surface area contributed by atoms with Gasteiger partial charge in [0.2, 0.25) is 11.2 Å². The Labute approximate surface area is 60.4 Å². The molecule has 4 N–H and O–H groups in total. The first-order valence-corrected chi connectivity index (χ1v) is 2.70. The molecule has 0 radical (unpaired) electrons. The monoisotopic (exact) mass is 161 g/mol. The fourth-order valence-corrected chi connectivity index (χ4v) is 0.584. The quantitative estimate of drug-likeness (QED) is 0.367. The van der Waals surface area contributed by atoms with Crippen molar-refractivity contribution in [1.82, 2.24) is 15.0 Å². The van der Waals surface area contributed by atoms with Gasteiger partial charge in [0.15, 0.2) is 0 Å². The summed E-state index contributed by atoms with van der Waals surface area (Å²) in [5.41, 5.74) is 1.49. The first-order chi connectivity index (χ1) is 4.72. The minimum atomic E-state index is -0.590. The number of nitrogens with one attached hydrogen (secondary N) is 2. The summed E-state index contributed by atoms with van der Waals surface area (Å²) in [7, 11) is 0. The van der Waals surface area contributed by atoms with Crippen molar-refractivity contribution in [2.24, 2.45) is 5.84 Å². The molecule has 0 unspecified atom stereocenters. The second-order valence-electron chi connectivity index (χ2n) is 1.41. The lowest BCUT2D eigenvalue weighted by atomic mass is 10.9. The molecule has 1 heterocycles. The summed E-state index contributed by atoms with van der Waals surface area (Å²) in [6.45, 7) is 0. The molecule has 0 saturated carbocycles. The predicted octanol–water partition coefficient (Wildman–Crippen LogP) is -0.896.